The molecule has 8 rings (SSSR count). The van der Waals surface area contributed by atoms with Crippen molar-refractivity contribution in [3.05, 3.63) is 167 Å². The van der Waals surface area contributed by atoms with E-state index in [1.54, 1.807) is 0 Å². The van der Waals surface area contributed by atoms with Gasteiger partial charge in [-0.15, -0.1) is 0 Å². The molecule has 4 N–H and O–H groups in total. The summed E-state index contributed by atoms with van der Waals surface area (Å²) in [5.41, 5.74) is 23.1. The van der Waals surface area contributed by atoms with E-state index in [1.807, 2.05) is 36.4 Å². The molecule has 2 unspecified atom stereocenters. The standard InChI is InChI=1S/C53H62N8O/c1-39-9-17-43(18-10-39)47(37-60-33-29-58(30-34-60)27-25-41-13-21-45(22-14-41)49-5-3-7-51(54)56-49)53(62)48(44-19-11-40(2)12-20-44)38-61-35-31-59(32-36-61)28-26-42-15-23-46(24-16-42)50-6-4-8-52(55)57-50/h3-24,47-48H,25-38H2,1-2H3,(H2,54,56)(H2,55,57). The maximum atomic E-state index is 15.2. The molecule has 0 amide bonds. The van der Waals surface area contributed by atoms with Crippen LogP contribution < -0.4 is 11.5 Å². The van der Waals surface area contributed by atoms with E-state index in [-0.39, 0.29) is 11.8 Å². The van der Waals surface area contributed by atoms with Gasteiger partial charge in [-0.25, -0.2) is 9.97 Å². The summed E-state index contributed by atoms with van der Waals surface area (Å²) in [5.74, 6) is 0.997. The van der Waals surface area contributed by atoms with Gasteiger partial charge in [0.15, 0.2) is 0 Å². The van der Waals surface area contributed by atoms with E-state index in [2.05, 4.69) is 140 Å². The number of aromatic nitrogens is 2. The molecule has 4 heterocycles. The number of Topliss-reactive ketones (excluding diaryl/α,β-unsaturated/α-hetero) is 1. The molecule has 2 aromatic heterocycles. The highest BCUT2D eigenvalue weighted by Gasteiger charge is 2.34. The van der Waals surface area contributed by atoms with Crippen molar-refractivity contribution in [2.45, 2.75) is 38.5 Å². The number of rotatable bonds is 16. The highest BCUT2D eigenvalue weighted by Crippen LogP contribution is 2.30. The van der Waals surface area contributed by atoms with Crippen LogP contribution in [0, 0.1) is 13.8 Å². The van der Waals surface area contributed by atoms with E-state index < -0.39 is 0 Å². The van der Waals surface area contributed by atoms with Crippen LogP contribution in [0.4, 0.5) is 11.6 Å². The van der Waals surface area contributed by atoms with Gasteiger partial charge in [-0.1, -0.05) is 120 Å². The van der Waals surface area contributed by atoms with Crippen molar-refractivity contribution in [1.29, 1.82) is 0 Å². The van der Waals surface area contributed by atoms with Gasteiger partial charge in [0.25, 0.3) is 0 Å². The Balaban J connectivity index is 0.874. The van der Waals surface area contributed by atoms with Gasteiger partial charge in [0.05, 0.1) is 23.2 Å². The van der Waals surface area contributed by atoms with E-state index in [9.17, 15) is 0 Å². The van der Waals surface area contributed by atoms with Gasteiger partial charge in [0.1, 0.15) is 17.4 Å². The van der Waals surface area contributed by atoms with Crippen LogP contribution in [0.15, 0.2) is 133 Å². The number of anilines is 2. The summed E-state index contributed by atoms with van der Waals surface area (Å²) in [6.45, 7) is 15.6. The Morgan fingerprint density at radius 1 is 0.484 bits per heavy atom. The van der Waals surface area contributed by atoms with E-state index in [0.717, 1.165) is 125 Å². The summed E-state index contributed by atoms with van der Waals surface area (Å²) in [7, 11) is 0. The summed E-state index contributed by atoms with van der Waals surface area (Å²) in [6.07, 6.45) is 2.00. The fourth-order valence-corrected chi connectivity index (χ4v) is 8.95. The summed E-state index contributed by atoms with van der Waals surface area (Å²) in [4.78, 5) is 34.3. The third kappa shape index (κ3) is 11.4. The first-order valence-corrected chi connectivity index (χ1v) is 22.4. The number of pyridine rings is 2. The van der Waals surface area contributed by atoms with Gasteiger partial charge < -0.3 is 21.3 Å². The fourth-order valence-electron chi connectivity index (χ4n) is 8.95. The second-order valence-electron chi connectivity index (χ2n) is 17.4. The molecule has 9 heteroatoms. The lowest BCUT2D eigenvalue weighted by atomic mass is 9.82. The van der Waals surface area contributed by atoms with Crippen molar-refractivity contribution >= 4 is 17.4 Å². The van der Waals surface area contributed by atoms with E-state index in [4.69, 9.17) is 11.5 Å². The summed E-state index contributed by atoms with van der Waals surface area (Å²) >= 11 is 0. The summed E-state index contributed by atoms with van der Waals surface area (Å²) in [6, 6.07) is 46.4. The molecule has 9 nitrogen and oxygen atoms in total. The molecule has 2 fully saturated rings. The first-order valence-electron chi connectivity index (χ1n) is 22.4. The maximum absolute atomic E-state index is 15.2. The first-order chi connectivity index (χ1) is 30.2. The van der Waals surface area contributed by atoms with E-state index in [1.165, 1.54) is 22.3 Å². The average Bonchev–Trinajstić information content (AvgIpc) is 3.30. The van der Waals surface area contributed by atoms with Crippen LogP contribution in [0.1, 0.15) is 45.2 Å². The lowest BCUT2D eigenvalue weighted by Crippen LogP contribution is -2.50. The van der Waals surface area contributed by atoms with Gasteiger partial charge in [-0.2, -0.15) is 0 Å². The van der Waals surface area contributed by atoms with Crippen molar-refractivity contribution in [3.63, 3.8) is 0 Å². The molecule has 2 saturated heterocycles. The topological polar surface area (TPSA) is 108 Å². The van der Waals surface area contributed by atoms with Crippen LogP contribution in [0.3, 0.4) is 0 Å². The first kappa shape index (κ1) is 43.0. The van der Waals surface area contributed by atoms with Gasteiger partial charge in [-0.05, 0) is 73.2 Å². The number of hydrogen-bond acceptors (Lipinski definition) is 9. The third-order valence-electron chi connectivity index (χ3n) is 12.9. The fraction of sp³-hybridized carbons (Fsp3) is 0.340. The lowest BCUT2D eigenvalue weighted by Gasteiger charge is -2.38. The van der Waals surface area contributed by atoms with E-state index in [0.29, 0.717) is 17.4 Å². The van der Waals surface area contributed by atoms with Gasteiger partial charge in [-0.3, -0.25) is 14.6 Å². The Morgan fingerprint density at radius 3 is 1.19 bits per heavy atom. The van der Waals surface area contributed by atoms with Gasteiger partial charge >= 0.3 is 0 Å². The molecule has 0 spiro atoms. The van der Waals surface area contributed by atoms with Crippen LogP contribution in [0.5, 0.6) is 0 Å². The Bertz CT molecular complexity index is 2180. The normalized spacial score (nSPS) is 16.5. The minimum Gasteiger partial charge on any atom is -0.384 e. The molecule has 0 radical (unpaired) electrons. The Morgan fingerprint density at radius 2 is 0.839 bits per heavy atom. The number of aryl methyl sites for hydroxylation is 2. The zero-order valence-corrected chi connectivity index (χ0v) is 36.5. The quantitative estimate of drug-likeness (QED) is 0.101. The van der Waals surface area contributed by atoms with Gasteiger partial charge in [0.2, 0.25) is 0 Å². The monoisotopic (exact) mass is 827 g/mol. The molecule has 0 saturated carbocycles. The molecule has 2 aliphatic rings. The highest BCUT2D eigenvalue weighted by atomic mass is 16.1. The Hall–Kier alpha value is -5.71. The largest absolute Gasteiger partial charge is 0.384 e. The summed E-state index contributed by atoms with van der Waals surface area (Å²) in [5, 5.41) is 0. The average molecular weight is 827 g/mol. The van der Waals surface area contributed by atoms with Crippen LogP contribution in [0.25, 0.3) is 22.5 Å². The molecular weight excluding hydrogens is 765 g/mol. The van der Waals surface area contributed by atoms with Crippen molar-refractivity contribution in [2.75, 3.05) is 90.0 Å². The molecule has 62 heavy (non-hydrogen) atoms. The molecule has 4 aromatic carbocycles. The van der Waals surface area contributed by atoms with Crippen LogP contribution in [-0.4, -0.2) is 114 Å². The minimum atomic E-state index is -0.205. The van der Waals surface area contributed by atoms with E-state index >= 15 is 4.79 Å². The second-order valence-corrected chi connectivity index (χ2v) is 17.4. The second kappa shape index (κ2) is 20.4. The van der Waals surface area contributed by atoms with Crippen molar-refractivity contribution in [2.24, 2.45) is 0 Å². The van der Waals surface area contributed by atoms with Crippen LogP contribution in [0.2, 0.25) is 0 Å². The van der Waals surface area contributed by atoms with Gasteiger partial charge in [0, 0.05) is 89.7 Å². The maximum Gasteiger partial charge on any atom is 0.150 e. The third-order valence-corrected chi connectivity index (χ3v) is 12.9. The number of carbonyl (C=O) groups is 1. The van der Waals surface area contributed by atoms with Crippen molar-refractivity contribution < 1.29 is 4.79 Å². The number of benzene rings is 4. The number of nitrogens with zero attached hydrogens (tertiary/aromatic N) is 6. The molecule has 320 valence electrons. The zero-order chi connectivity index (χ0) is 42.8. The molecular formula is C53H62N8O. The zero-order valence-electron chi connectivity index (χ0n) is 36.5. The number of ketones is 1. The molecule has 0 bridgehead atoms. The minimum absolute atomic E-state index is 0.205. The summed E-state index contributed by atoms with van der Waals surface area (Å²) < 4.78 is 0. The molecule has 0 aliphatic carbocycles. The van der Waals surface area contributed by atoms with Crippen LogP contribution in [-0.2, 0) is 17.6 Å². The smallest absolute Gasteiger partial charge is 0.150 e. The van der Waals surface area contributed by atoms with Crippen LogP contribution >= 0.6 is 0 Å². The lowest BCUT2D eigenvalue weighted by molar-refractivity contribution is -0.123. The molecule has 2 aliphatic heterocycles. The molecule has 6 aromatic rings. The Kier molecular flexibility index (Phi) is 14.2. The highest BCUT2D eigenvalue weighted by molar-refractivity contribution is 5.92. The Labute approximate surface area is 368 Å². The SMILES string of the molecule is Cc1ccc(C(CN2CCN(CCc3ccc(-c4cccc(N)n4)cc3)CC2)C(=O)C(CN2CCN(CCc3ccc(-c4cccc(N)n4)cc3)CC2)c2ccc(C)cc2)cc1. The number of carbonyl (C=O) groups excluding carboxylic acids is 1. The van der Waals surface area contributed by atoms with Crippen molar-refractivity contribution in [3.8, 4) is 22.5 Å². The predicted octanol–water partition coefficient (Wildman–Crippen LogP) is 7.75. The number of nitrogens with two attached hydrogens (primary N) is 2. The van der Waals surface area contributed by atoms with Crippen molar-refractivity contribution in [1.82, 2.24) is 29.6 Å². The predicted molar refractivity (Wildman–Crippen MR) is 254 cm³/mol. The number of hydrogen-bond donors (Lipinski definition) is 2. The number of nitrogen functional groups attached to an aromatic ring is 2. The number of piperazine rings is 2. The molecule has 2 atom stereocenters.